The van der Waals surface area contributed by atoms with E-state index in [1.54, 1.807) is 0 Å². The predicted molar refractivity (Wildman–Crippen MR) is 119 cm³/mol. The third-order valence-corrected chi connectivity index (χ3v) is 6.57. The van der Waals surface area contributed by atoms with E-state index in [1.807, 2.05) is 7.05 Å². The molecule has 1 N–H and O–H groups in total. The average molecular weight is 372 g/mol. The van der Waals surface area contributed by atoms with Crippen LogP contribution in [0.25, 0.3) is 22.2 Å². The number of anilines is 1. The smallest absolute Gasteiger partial charge is 0.0534 e. The van der Waals surface area contributed by atoms with Gasteiger partial charge in [-0.1, -0.05) is 37.1 Å². The summed E-state index contributed by atoms with van der Waals surface area (Å²) >= 11 is 0. The molecule has 28 heavy (non-hydrogen) atoms. The highest BCUT2D eigenvalue weighted by molar-refractivity contribution is 5.94. The molecule has 0 bridgehead atoms. The first-order chi connectivity index (χ1) is 13.8. The second kappa shape index (κ2) is 7.48. The Labute approximate surface area is 167 Å². The van der Waals surface area contributed by atoms with Crippen molar-refractivity contribution < 1.29 is 0 Å². The van der Waals surface area contributed by atoms with Crippen LogP contribution in [0, 0.1) is 0 Å². The van der Waals surface area contributed by atoms with Crippen LogP contribution in [0.1, 0.15) is 37.7 Å². The molecule has 0 amide bonds. The highest BCUT2D eigenvalue weighted by Crippen LogP contribution is 2.34. The van der Waals surface area contributed by atoms with Gasteiger partial charge in [0.1, 0.15) is 0 Å². The monoisotopic (exact) mass is 371 g/mol. The van der Waals surface area contributed by atoms with Gasteiger partial charge in [0.25, 0.3) is 0 Å². The van der Waals surface area contributed by atoms with Gasteiger partial charge in [-0.05, 0) is 55.2 Å². The van der Waals surface area contributed by atoms with Gasteiger partial charge in [0.2, 0.25) is 0 Å². The summed E-state index contributed by atoms with van der Waals surface area (Å²) in [4.78, 5) is 2.70. The van der Waals surface area contributed by atoms with E-state index >= 15 is 0 Å². The van der Waals surface area contributed by atoms with Crippen LogP contribution in [0.4, 0.5) is 5.69 Å². The fourth-order valence-electron chi connectivity index (χ4n) is 4.97. The van der Waals surface area contributed by atoms with E-state index in [0.29, 0.717) is 0 Å². The molecular weight excluding hydrogens is 342 g/mol. The first kappa shape index (κ1) is 17.6. The molecule has 1 fully saturated rings. The molecule has 0 unspecified atom stereocenters. The second-order valence-corrected chi connectivity index (χ2v) is 8.14. The Hall–Kier alpha value is -2.52. The zero-order valence-electron chi connectivity index (χ0n) is 16.7. The fraction of sp³-hybridized carbons (Fsp3) is 0.360. The van der Waals surface area contributed by atoms with Gasteiger partial charge in [0, 0.05) is 54.7 Å². The van der Waals surface area contributed by atoms with Crippen LogP contribution in [0.5, 0.6) is 0 Å². The zero-order valence-corrected chi connectivity index (χ0v) is 16.7. The summed E-state index contributed by atoms with van der Waals surface area (Å²) < 4.78 is 2.34. The molecule has 3 nitrogen and oxygen atoms in total. The van der Waals surface area contributed by atoms with Crippen molar-refractivity contribution >= 4 is 22.2 Å². The van der Waals surface area contributed by atoms with Crippen LogP contribution < -0.4 is 5.32 Å². The van der Waals surface area contributed by atoms with E-state index in [9.17, 15) is 0 Å². The second-order valence-electron chi connectivity index (χ2n) is 8.14. The number of rotatable bonds is 4. The Kier molecular flexibility index (Phi) is 4.69. The van der Waals surface area contributed by atoms with E-state index in [-0.39, 0.29) is 0 Å². The summed E-state index contributed by atoms with van der Waals surface area (Å²) in [6, 6.07) is 18.3. The maximum absolute atomic E-state index is 3.20. The molecule has 5 rings (SSSR count). The van der Waals surface area contributed by atoms with Crippen LogP contribution in [0.3, 0.4) is 0 Å². The fourth-order valence-corrected chi connectivity index (χ4v) is 4.97. The maximum Gasteiger partial charge on any atom is 0.0534 e. The van der Waals surface area contributed by atoms with Crippen LogP contribution in [-0.2, 0) is 0 Å². The Balaban J connectivity index is 1.50. The molecule has 1 aliphatic heterocycles. The van der Waals surface area contributed by atoms with Gasteiger partial charge in [0.15, 0.2) is 0 Å². The molecule has 0 saturated heterocycles. The van der Waals surface area contributed by atoms with Gasteiger partial charge in [0.05, 0.1) is 5.52 Å². The zero-order chi connectivity index (χ0) is 18.9. The van der Waals surface area contributed by atoms with E-state index in [1.165, 1.54) is 60.0 Å². The van der Waals surface area contributed by atoms with Crippen molar-refractivity contribution in [2.75, 3.05) is 25.5 Å². The highest BCUT2D eigenvalue weighted by Gasteiger charge is 2.25. The summed E-state index contributed by atoms with van der Waals surface area (Å²) in [5.74, 6) is 0. The Bertz CT molecular complexity index is 990. The topological polar surface area (TPSA) is 20.2 Å². The molecule has 1 saturated carbocycles. The van der Waals surface area contributed by atoms with Crippen molar-refractivity contribution in [2.24, 2.45) is 0 Å². The number of aromatic nitrogens is 1. The summed E-state index contributed by atoms with van der Waals surface area (Å²) in [5, 5.41) is 4.57. The van der Waals surface area contributed by atoms with Crippen molar-refractivity contribution in [1.29, 1.82) is 0 Å². The van der Waals surface area contributed by atoms with Crippen LogP contribution in [0.15, 0.2) is 60.8 Å². The lowest BCUT2D eigenvalue weighted by Gasteiger charge is -2.31. The van der Waals surface area contributed by atoms with Crippen LogP contribution in [-0.4, -0.2) is 35.6 Å². The molecule has 0 atom stereocenters. The van der Waals surface area contributed by atoms with Gasteiger partial charge in [-0.25, -0.2) is 0 Å². The van der Waals surface area contributed by atoms with Gasteiger partial charge in [-0.3, -0.25) is 4.90 Å². The number of hydrogen-bond acceptors (Lipinski definition) is 2. The van der Waals surface area contributed by atoms with Crippen molar-refractivity contribution in [3.63, 3.8) is 0 Å². The largest absolute Gasteiger partial charge is 0.388 e. The SMILES string of the molecule is CNc1ccc(-n2cc(C3=CCN(C4CCCC4)CC3)c3ccccc32)cc1. The highest BCUT2D eigenvalue weighted by atomic mass is 15.2. The first-order valence-electron chi connectivity index (χ1n) is 10.7. The van der Waals surface area contributed by atoms with Crippen LogP contribution in [0.2, 0.25) is 0 Å². The third kappa shape index (κ3) is 3.14. The molecule has 3 heteroatoms. The lowest BCUT2D eigenvalue weighted by atomic mass is 9.98. The minimum absolute atomic E-state index is 0.824. The van der Waals surface area contributed by atoms with E-state index in [2.05, 4.69) is 75.6 Å². The molecule has 1 aliphatic carbocycles. The minimum Gasteiger partial charge on any atom is -0.388 e. The number of benzene rings is 2. The van der Waals surface area contributed by atoms with Gasteiger partial charge >= 0.3 is 0 Å². The Morgan fingerprint density at radius 2 is 1.75 bits per heavy atom. The summed E-state index contributed by atoms with van der Waals surface area (Å²) in [6.45, 7) is 2.31. The third-order valence-electron chi connectivity index (χ3n) is 6.57. The molecule has 2 aromatic carbocycles. The van der Waals surface area contributed by atoms with Crippen LogP contribution >= 0.6 is 0 Å². The lowest BCUT2D eigenvalue weighted by molar-refractivity contribution is 0.219. The van der Waals surface area contributed by atoms with Gasteiger partial charge < -0.3 is 9.88 Å². The number of hydrogen-bond donors (Lipinski definition) is 1. The standard InChI is InChI=1S/C25H29N3/c1-26-20-10-12-22(13-11-20)28-18-24(23-8-4-5-9-25(23)28)19-14-16-27(17-15-19)21-6-2-3-7-21/h4-5,8-14,18,21,26H,2-3,6-7,15-17H2,1H3. The first-order valence-corrected chi connectivity index (χ1v) is 10.7. The number of nitrogens with zero attached hydrogens (tertiary/aromatic N) is 2. The molecule has 0 radical (unpaired) electrons. The van der Waals surface area contributed by atoms with Gasteiger partial charge in [-0.15, -0.1) is 0 Å². The Morgan fingerprint density at radius 3 is 2.46 bits per heavy atom. The summed E-state index contributed by atoms with van der Waals surface area (Å²) in [7, 11) is 1.96. The van der Waals surface area contributed by atoms with E-state index in [0.717, 1.165) is 24.7 Å². The van der Waals surface area contributed by atoms with E-state index < -0.39 is 0 Å². The molecule has 2 aliphatic rings. The summed E-state index contributed by atoms with van der Waals surface area (Å²) in [5.41, 5.74) is 6.55. The van der Waals surface area contributed by atoms with Crippen molar-refractivity contribution in [3.8, 4) is 5.69 Å². The van der Waals surface area contributed by atoms with Gasteiger partial charge in [-0.2, -0.15) is 0 Å². The molecular formula is C25H29N3. The van der Waals surface area contributed by atoms with Crippen molar-refractivity contribution in [3.05, 3.63) is 66.4 Å². The van der Waals surface area contributed by atoms with Crippen molar-refractivity contribution in [2.45, 2.75) is 38.1 Å². The van der Waals surface area contributed by atoms with Crippen molar-refractivity contribution in [1.82, 2.24) is 9.47 Å². The maximum atomic E-state index is 3.20. The predicted octanol–water partition coefficient (Wildman–Crippen LogP) is 5.70. The van der Waals surface area contributed by atoms with E-state index in [4.69, 9.17) is 0 Å². The number of nitrogens with one attached hydrogen (secondary N) is 1. The minimum atomic E-state index is 0.824. The molecule has 2 heterocycles. The Morgan fingerprint density at radius 1 is 0.964 bits per heavy atom. The molecule has 0 spiro atoms. The molecule has 1 aromatic heterocycles. The number of fused-ring (bicyclic) bond motifs is 1. The molecule has 3 aromatic rings. The summed E-state index contributed by atoms with van der Waals surface area (Å²) in [6.07, 6.45) is 11.6. The normalized spacial score (nSPS) is 18.5. The quantitative estimate of drug-likeness (QED) is 0.634. The average Bonchev–Trinajstić information content (AvgIpc) is 3.43. The lowest BCUT2D eigenvalue weighted by Crippen LogP contribution is -2.36. The number of para-hydroxylation sites is 1. The molecule has 144 valence electrons.